The van der Waals surface area contributed by atoms with Crippen LogP contribution in [0.3, 0.4) is 0 Å². The molecule has 5 nitrogen and oxygen atoms in total. The van der Waals surface area contributed by atoms with Crippen molar-refractivity contribution in [2.75, 3.05) is 13.2 Å². The summed E-state index contributed by atoms with van der Waals surface area (Å²) in [5.74, 6) is 0. The normalized spacial score (nSPS) is 28.1. The van der Waals surface area contributed by atoms with Crippen LogP contribution in [-0.2, 0) is 9.47 Å². The summed E-state index contributed by atoms with van der Waals surface area (Å²) in [7, 11) is 0. The topological polar surface area (TPSA) is 79.2 Å². The van der Waals surface area contributed by atoms with Crippen LogP contribution in [-0.4, -0.2) is 52.9 Å². The van der Waals surface area contributed by atoms with Gasteiger partial charge < -0.3 is 24.8 Å². The second-order valence-electron chi connectivity index (χ2n) is 5.29. The summed E-state index contributed by atoms with van der Waals surface area (Å²) in [6.45, 7) is 2.00. The molecular weight excluding hydrogens is 260 g/mol. The Morgan fingerprint density at radius 3 is 2.75 bits per heavy atom. The molecule has 0 aliphatic carbocycles. The van der Waals surface area contributed by atoms with Gasteiger partial charge in [0.2, 0.25) is 0 Å². The van der Waals surface area contributed by atoms with Gasteiger partial charge in [0.15, 0.2) is 0 Å². The zero-order valence-corrected chi connectivity index (χ0v) is 12.3. The third-order valence-electron chi connectivity index (χ3n) is 3.56. The molecule has 3 N–H and O–H groups in total. The first-order valence-corrected chi connectivity index (χ1v) is 7.59. The predicted octanol–water partition coefficient (Wildman–Crippen LogP) is 1.36. The molecule has 0 aromatic heterocycles. The molecule has 0 saturated carbocycles. The molecule has 4 atom stereocenters. The lowest BCUT2D eigenvalue weighted by Crippen LogP contribution is -2.40. The average Bonchev–Trinajstić information content (AvgIpc) is 2.82. The third kappa shape index (κ3) is 5.79. The Kier molecular flexibility index (Phi) is 8.85. The Bertz CT molecular complexity index is 269. The number of aliphatic hydroxyl groups excluding tert-OH is 3. The number of rotatable bonds is 10. The minimum absolute atomic E-state index is 0.226. The van der Waals surface area contributed by atoms with E-state index in [1.807, 2.05) is 6.08 Å². The van der Waals surface area contributed by atoms with E-state index in [1.54, 1.807) is 6.26 Å². The number of aliphatic hydroxyl groups is 3. The van der Waals surface area contributed by atoms with E-state index < -0.39 is 31.0 Å². The Labute approximate surface area is 121 Å². The summed E-state index contributed by atoms with van der Waals surface area (Å²) in [5, 5.41) is 28.2. The molecule has 1 saturated heterocycles. The molecule has 118 valence electrons. The van der Waals surface area contributed by atoms with Crippen molar-refractivity contribution in [2.24, 2.45) is 0 Å². The molecule has 1 fully saturated rings. The van der Waals surface area contributed by atoms with Gasteiger partial charge in [-0.05, 0) is 18.9 Å². The van der Waals surface area contributed by atoms with E-state index in [4.69, 9.17) is 14.6 Å². The van der Waals surface area contributed by atoms with Gasteiger partial charge in [0, 0.05) is 0 Å². The van der Waals surface area contributed by atoms with Crippen LogP contribution < -0.4 is 0 Å². The largest absolute Gasteiger partial charge is 0.493 e. The molecule has 0 aromatic carbocycles. The molecule has 0 radical (unpaired) electrons. The molecule has 0 bridgehead atoms. The van der Waals surface area contributed by atoms with Crippen LogP contribution in [0.1, 0.15) is 45.4 Å². The standard InChI is InChI=1S/C15H28O5/c1-2-3-4-5-6-7-8-9-19-13-11-20-15(14(13)18)12(17)10-16/h8-9,12-18H,2-7,10-11H2,1H3/b9-8+/t12-,13+,14-,15-/m1/s1. The summed E-state index contributed by atoms with van der Waals surface area (Å²) in [6, 6.07) is 0. The number of ether oxygens (including phenoxy) is 2. The second kappa shape index (κ2) is 10.2. The quantitative estimate of drug-likeness (QED) is 0.418. The van der Waals surface area contributed by atoms with Crippen molar-refractivity contribution in [3.8, 4) is 0 Å². The number of hydrogen-bond donors (Lipinski definition) is 3. The first kappa shape index (κ1) is 17.4. The smallest absolute Gasteiger partial charge is 0.149 e. The molecule has 1 rings (SSSR count). The average molecular weight is 288 g/mol. The van der Waals surface area contributed by atoms with E-state index in [0.717, 1.165) is 12.8 Å². The zero-order chi connectivity index (χ0) is 14.8. The van der Waals surface area contributed by atoms with Crippen LogP contribution in [0.2, 0.25) is 0 Å². The van der Waals surface area contributed by atoms with Gasteiger partial charge in [-0.2, -0.15) is 0 Å². The maximum Gasteiger partial charge on any atom is 0.149 e. The summed E-state index contributed by atoms with van der Waals surface area (Å²) < 4.78 is 10.7. The van der Waals surface area contributed by atoms with Gasteiger partial charge in [0.25, 0.3) is 0 Å². The van der Waals surface area contributed by atoms with Crippen molar-refractivity contribution in [1.29, 1.82) is 0 Å². The van der Waals surface area contributed by atoms with Crippen LogP contribution >= 0.6 is 0 Å². The van der Waals surface area contributed by atoms with Crippen LogP contribution in [0.5, 0.6) is 0 Å². The first-order valence-electron chi connectivity index (χ1n) is 7.59. The molecule has 20 heavy (non-hydrogen) atoms. The summed E-state index contributed by atoms with van der Waals surface area (Å²) in [5.41, 5.74) is 0. The zero-order valence-electron chi connectivity index (χ0n) is 12.3. The number of hydrogen-bond acceptors (Lipinski definition) is 5. The summed E-state index contributed by atoms with van der Waals surface area (Å²) >= 11 is 0. The van der Waals surface area contributed by atoms with Crippen molar-refractivity contribution in [1.82, 2.24) is 0 Å². The van der Waals surface area contributed by atoms with Crippen molar-refractivity contribution < 1.29 is 24.8 Å². The fourth-order valence-corrected chi connectivity index (χ4v) is 2.27. The van der Waals surface area contributed by atoms with Gasteiger partial charge in [-0.1, -0.05) is 32.6 Å². The Morgan fingerprint density at radius 1 is 1.30 bits per heavy atom. The molecule has 0 spiro atoms. The lowest BCUT2D eigenvalue weighted by atomic mass is 10.1. The molecule has 1 aliphatic heterocycles. The highest BCUT2D eigenvalue weighted by Gasteiger charge is 2.40. The summed E-state index contributed by atoms with van der Waals surface area (Å²) in [4.78, 5) is 0. The van der Waals surface area contributed by atoms with E-state index >= 15 is 0 Å². The number of allylic oxidation sites excluding steroid dienone is 1. The van der Waals surface area contributed by atoms with Gasteiger partial charge in [-0.3, -0.25) is 0 Å². The van der Waals surface area contributed by atoms with Crippen molar-refractivity contribution in [3.63, 3.8) is 0 Å². The molecular formula is C15H28O5. The van der Waals surface area contributed by atoms with Crippen molar-refractivity contribution in [2.45, 2.75) is 69.9 Å². The van der Waals surface area contributed by atoms with Crippen molar-refractivity contribution in [3.05, 3.63) is 12.3 Å². The Balaban J connectivity index is 2.13. The molecule has 5 heteroatoms. The maximum atomic E-state index is 9.90. The van der Waals surface area contributed by atoms with Gasteiger partial charge in [-0.25, -0.2) is 0 Å². The minimum Gasteiger partial charge on any atom is -0.493 e. The van der Waals surface area contributed by atoms with Gasteiger partial charge in [-0.15, -0.1) is 0 Å². The van der Waals surface area contributed by atoms with Crippen molar-refractivity contribution >= 4 is 0 Å². The molecule has 1 aliphatic rings. The van der Waals surface area contributed by atoms with E-state index in [2.05, 4.69) is 6.92 Å². The third-order valence-corrected chi connectivity index (χ3v) is 3.56. The molecule has 0 unspecified atom stereocenters. The highest BCUT2D eigenvalue weighted by molar-refractivity contribution is 4.90. The van der Waals surface area contributed by atoms with Crippen LogP contribution in [0.4, 0.5) is 0 Å². The van der Waals surface area contributed by atoms with E-state index in [1.165, 1.54) is 25.7 Å². The lowest BCUT2D eigenvalue weighted by molar-refractivity contribution is -0.0689. The monoisotopic (exact) mass is 288 g/mol. The maximum absolute atomic E-state index is 9.90. The van der Waals surface area contributed by atoms with Gasteiger partial charge in [0.1, 0.15) is 24.4 Å². The van der Waals surface area contributed by atoms with E-state index in [-0.39, 0.29) is 6.61 Å². The fourth-order valence-electron chi connectivity index (χ4n) is 2.27. The molecule has 0 amide bonds. The SMILES string of the molecule is CCCCCCC/C=C/O[C@H]1CO[C@H]([C@H](O)CO)[C@@H]1O. The number of unbranched alkanes of at least 4 members (excludes halogenated alkanes) is 5. The fraction of sp³-hybridized carbons (Fsp3) is 0.867. The summed E-state index contributed by atoms with van der Waals surface area (Å²) in [6.07, 6.45) is 7.50. The highest BCUT2D eigenvalue weighted by Crippen LogP contribution is 2.20. The van der Waals surface area contributed by atoms with Crippen LogP contribution in [0, 0.1) is 0 Å². The minimum atomic E-state index is -1.07. The van der Waals surface area contributed by atoms with E-state index in [0.29, 0.717) is 0 Å². The molecule has 1 heterocycles. The predicted molar refractivity (Wildman–Crippen MR) is 76.2 cm³/mol. The first-order chi connectivity index (χ1) is 9.70. The second-order valence-corrected chi connectivity index (χ2v) is 5.29. The Morgan fingerprint density at radius 2 is 2.05 bits per heavy atom. The van der Waals surface area contributed by atoms with Crippen LogP contribution in [0.25, 0.3) is 0 Å². The highest BCUT2D eigenvalue weighted by atomic mass is 16.6. The molecule has 0 aromatic rings. The lowest BCUT2D eigenvalue weighted by Gasteiger charge is -2.20. The van der Waals surface area contributed by atoms with Gasteiger partial charge in [0.05, 0.1) is 19.5 Å². The Hall–Kier alpha value is -0.620. The van der Waals surface area contributed by atoms with Gasteiger partial charge >= 0.3 is 0 Å². The van der Waals surface area contributed by atoms with Crippen LogP contribution in [0.15, 0.2) is 12.3 Å². The van der Waals surface area contributed by atoms with E-state index in [9.17, 15) is 10.2 Å².